The van der Waals surface area contributed by atoms with Crippen LogP contribution in [0.25, 0.3) is 10.1 Å². The Bertz CT molecular complexity index is 1090. The average molecular weight is 424 g/mol. The molecule has 3 aromatic rings. The van der Waals surface area contributed by atoms with Crippen LogP contribution in [-0.4, -0.2) is 43.5 Å². The highest BCUT2D eigenvalue weighted by atomic mass is 32.1. The van der Waals surface area contributed by atoms with Gasteiger partial charge in [-0.05, 0) is 47.7 Å². The first-order valence-electron chi connectivity index (χ1n) is 10.6. The van der Waals surface area contributed by atoms with Crippen LogP contribution in [0.4, 0.5) is 15.8 Å². The van der Waals surface area contributed by atoms with Crippen molar-refractivity contribution in [3.63, 3.8) is 0 Å². The van der Waals surface area contributed by atoms with Gasteiger partial charge < -0.3 is 10.2 Å². The zero-order chi connectivity index (χ0) is 20.7. The first-order chi connectivity index (χ1) is 14.6. The van der Waals surface area contributed by atoms with Crippen molar-refractivity contribution in [2.24, 2.45) is 0 Å². The predicted octanol–water partition coefficient (Wildman–Crippen LogP) is 4.85. The predicted molar refractivity (Wildman–Crippen MR) is 122 cm³/mol. The molecule has 0 spiro atoms. The lowest BCUT2D eigenvalue weighted by molar-refractivity contribution is -0.116. The minimum Gasteiger partial charge on any atom is -0.368 e. The molecule has 1 N–H and O–H groups in total. The van der Waals surface area contributed by atoms with E-state index >= 15 is 0 Å². The highest BCUT2D eigenvalue weighted by Crippen LogP contribution is 2.34. The fourth-order valence-electron chi connectivity index (χ4n) is 4.61. The topological polar surface area (TPSA) is 35.6 Å². The average Bonchev–Trinajstić information content (AvgIpc) is 3.15. The number of nitrogens with one attached hydrogen (secondary N) is 1. The van der Waals surface area contributed by atoms with Gasteiger partial charge in [0.2, 0.25) is 5.91 Å². The van der Waals surface area contributed by atoms with Crippen molar-refractivity contribution < 1.29 is 9.18 Å². The number of halogens is 1. The molecule has 4 nitrogen and oxygen atoms in total. The number of fused-ring (bicyclic) bond motifs is 2. The molecule has 5 rings (SSSR count). The quantitative estimate of drug-likeness (QED) is 0.652. The lowest BCUT2D eigenvalue weighted by Gasteiger charge is -2.36. The SMILES string of the molecule is C[C@@H]1CC(=O)Nc2ccc(CCN3CCN(c4csc5cc(F)ccc45)CC3)cc21. The Kier molecular flexibility index (Phi) is 5.21. The van der Waals surface area contributed by atoms with Crippen LogP contribution in [0, 0.1) is 5.82 Å². The fourth-order valence-corrected chi connectivity index (χ4v) is 5.61. The smallest absolute Gasteiger partial charge is 0.224 e. The number of hydrogen-bond acceptors (Lipinski definition) is 4. The number of benzene rings is 2. The summed E-state index contributed by atoms with van der Waals surface area (Å²) in [4.78, 5) is 16.7. The van der Waals surface area contributed by atoms with Gasteiger partial charge in [-0.1, -0.05) is 19.1 Å². The van der Waals surface area contributed by atoms with E-state index in [1.165, 1.54) is 16.8 Å². The highest BCUT2D eigenvalue weighted by Gasteiger charge is 2.22. The number of nitrogens with zero attached hydrogens (tertiary/aromatic N) is 2. The Morgan fingerprint density at radius 1 is 1.13 bits per heavy atom. The lowest BCUT2D eigenvalue weighted by atomic mass is 9.90. The van der Waals surface area contributed by atoms with Crippen LogP contribution in [0.15, 0.2) is 41.8 Å². The summed E-state index contributed by atoms with van der Waals surface area (Å²) in [6.45, 7) is 7.24. The minimum absolute atomic E-state index is 0.115. The molecule has 0 aliphatic carbocycles. The Balaban J connectivity index is 1.19. The minimum atomic E-state index is -0.167. The maximum absolute atomic E-state index is 13.5. The molecule has 3 heterocycles. The van der Waals surface area contributed by atoms with Gasteiger partial charge in [-0.15, -0.1) is 11.3 Å². The number of piperazine rings is 1. The van der Waals surface area contributed by atoms with Crippen molar-refractivity contribution in [2.75, 3.05) is 42.9 Å². The van der Waals surface area contributed by atoms with Gasteiger partial charge in [0.05, 0.1) is 5.69 Å². The third-order valence-corrected chi connectivity index (χ3v) is 7.29. The first kappa shape index (κ1) is 19.5. The van der Waals surface area contributed by atoms with E-state index in [1.54, 1.807) is 23.5 Å². The number of carbonyl (C=O) groups is 1. The van der Waals surface area contributed by atoms with E-state index in [2.05, 4.69) is 45.6 Å². The van der Waals surface area contributed by atoms with Crippen molar-refractivity contribution in [2.45, 2.75) is 25.7 Å². The van der Waals surface area contributed by atoms with Gasteiger partial charge in [-0.2, -0.15) is 0 Å². The Labute approximate surface area is 180 Å². The lowest BCUT2D eigenvalue weighted by Crippen LogP contribution is -2.46. The van der Waals surface area contributed by atoms with E-state index in [4.69, 9.17) is 0 Å². The number of hydrogen-bond donors (Lipinski definition) is 1. The van der Waals surface area contributed by atoms with E-state index < -0.39 is 0 Å². The monoisotopic (exact) mass is 423 g/mol. The Hall–Kier alpha value is -2.44. The van der Waals surface area contributed by atoms with Gasteiger partial charge in [-0.25, -0.2) is 4.39 Å². The third-order valence-electron chi connectivity index (χ3n) is 6.36. The van der Waals surface area contributed by atoms with Crippen LogP contribution < -0.4 is 10.2 Å². The van der Waals surface area contributed by atoms with Gasteiger partial charge in [-0.3, -0.25) is 9.69 Å². The molecule has 1 aromatic heterocycles. The Morgan fingerprint density at radius 3 is 2.80 bits per heavy atom. The van der Waals surface area contributed by atoms with Crippen LogP contribution in [0.5, 0.6) is 0 Å². The molecule has 6 heteroatoms. The van der Waals surface area contributed by atoms with Crippen LogP contribution in [0.3, 0.4) is 0 Å². The molecule has 156 valence electrons. The zero-order valence-electron chi connectivity index (χ0n) is 17.2. The molecule has 1 saturated heterocycles. The van der Waals surface area contributed by atoms with E-state index in [1.807, 2.05) is 6.07 Å². The van der Waals surface area contributed by atoms with Gasteiger partial charge in [0, 0.05) is 60.3 Å². The summed E-state index contributed by atoms with van der Waals surface area (Å²) < 4.78 is 14.5. The zero-order valence-corrected chi connectivity index (χ0v) is 18.0. The highest BCUT2D eigenvalue weighted by molar-refractivity contribution is 7.17. The molecule has 1 fully saturated rings. The number of amides is 1. The number of carbonyl (C=O) groups excluding carboxylic acids is 1. The molecule has 30 heavy (non-hydrogen) atoms. The molecule has 2 aliphatic heterocycles. The van der Waals surface area contributed by atoms with Gasteiger partial charge in [0.25, 0.3) is 0 Å². The number of thiophene rings is 1. The van der Waals surface area contributed by atoms with Crippen LogP contribution >= 0.6 is 11.3 Å². The van der Waals surface area contributed by atoms with E-state index in [0.717, 1.165) is 54.9 Å². The summed E-state index contributed by atoms with van der Waals surface area (Å²) in [5.41, 5.74) is 4.81. The van der Waals surface area contributed by atoms with Crippen molar-refractivity contribution in [3.05, 3.63) is 58.7 Å². The molecule has 0 saturated carbocycles. The molecule has 2 aromatic carbocycles. The summed E-state index contributed by atoms with van der Waals surface area (Å²) in [6, 6.07) is 11.6. The summed E-state index contributed by atoms with van der Waals surface area (Å²) in [5, 5.41) is 6.30. The summed E-state index contributed by atoms with van der Waals surface area (Å²) in [7, 11) is 0. The largest absolute Gasteiger partial charge is 0.368 e. The maximum atomic E-state index is 13.5. The van der Waals surface area contributed by atoms with Gasteiger partial charge >= 0.3 is 0 Å². The summed E-state index contributed by atoms with van der Waals surface area (Å²) in [5.74, 6) is 0.231. The Morgan fingerprint density at radius 2 is 1.97 bits per heavy atom. The van der Waals surface area contributed by atoms with Crippen molar-refractivity contribution in [1.82, 2.24) is 4.90 Å². The van der Waals surface area contributed by atoms with Crippen molar-refractivity contribution in [3.8, 4) is 0 Å². The standard InChI is InChI=1S/C24H26FN3OS/c1-16-12-24(29)26-21-5-2-17(13-20(16)21)6-7-27-8-10-28(11-9-27)22-15-30-23-14-18(25)3-4-19(22)23/h2-5,13-16H,6-12H2,1H3,(H,26,29)/t16-/m1/s1. The van der Waals surface area contributed by atoms with E-state index in [9.17, 15) is 9.18 Å². The van der Waals surface area contributed by atoms with Crippen LogP contribution in [0.1, 0.15) is 30.4 Å². The second-order valence-electron chi connectivity index (χ2n) is 8.42. The fraction of sp³-hybridized carbons (Fsp3) is 0.375. The molecule has 0 bridgehead atoms. The van der Waals surface area contributed by atoms with E-state index in [0.29, 0.717) is 6.42 Å². The van der Waals surface area contributed by atoms with E-state index in [-0.39, 0.29) is 17.6 Å². The molecule has 1 amide bonds. The van der Waals surface area contributed by atoms with Crippen molar-refractivity contribution in [1.29, 1.82) is 0 Å². The van der Waals surface area contributed by atoms with Crippen LogP contribution in [-0.2, 0) is 11.2 Å². The van der Waals surface area contributed by atoms with Crippen molar-refractivity contribution >= 4 is 38.7 Å². The molecule has 0 unspecified atom stereocenters. The maximum Gasteiger partial charge on any atom is 0.224 e. The van der Waals surface area contributed by atoms with Gasteiger partial charge in [0.15, 0.2) is 0 Å². The number of rotatable bonds is 4. The second kappa shape index (κ2) is 8.00. The third kappa shape index (κ3) is 3.82. The molecule has 1 atom stereocenters. The summed E-state index contributed by atoms with van der Waals surface area (Å²) >= 11 is 1.62. The van der Waals surface area contributed by atoms with Gasteiger partial charge in [0.1, 0.15) is 5.82 Å². The molecular formula is C24H26FN3OS. The van der Waals surface area contributed by atoms with Crippen LogP contribution in [0.2, 0.25) is 0 Å². The molecular weight excluding hydrogens is 397 g/mol. The first-order valence-corrected chi connectivity index (χ1v) is 11.5. The normalized spacial score (nSPS) is 19.7. The molecule has 2 aliphatic rings. The number of anilines is 2. The second-order valence-corrected chi connectivity index (χ2v) is 9.33. The summed E-state index contributed by atoms with van der Waals surface area (Å²) in [6.07, 6.45) is 1.59. The molecule has 0 radical (unpaired) electrons.